The number of carboxylic acids is 1. The average molecular weight is 434 g/mol. The summed E-state index contributed by atoms with van der Waals surface area (Å²) in [6, 6.07) is 16.0. The van der Waals surface area contributed by atoms with E-state index in [0.29, 0.717) is 33.5 Å². The molecule has 0 heterocycles. The van der Waals surface area contributed by atoms with Crippen LogP contribution in [0.3, 0.4) is 0 Å². The number of nitrogens with two attached hydrogens (primary N) is 1. The Kier molecular flexibility index (Phi) is 7.12. The van der Waals surface area contributed by atoms with Crippen LogP contribution in [0.15, 0.2) is 60.7 Å². The lowest BCUT2D eigenvalue weighted by Crippen LogP contribution is -2.15. The van der Waals surface area contributed by atoms with E-state index in [-0.39, 0.29) is 30.7 Å². The molecule has 164 valence electrons. The molecule has 0 aromatic heterocycles. The van der Waals surface area contributed by atoms with Crippen molar-refractivity contribution in [3.63, 3.8) is 0 Å². The van der Waals surface area contributed by atoms with E-state index in [4.69, 9.17) is 10.8 Å². The van der Waals surface area contributed by atoms with E-state index in [0.717, 1.165) is 0 Å². The fourth-order valence-electron chi connectivity index (χ4n) is 3.47. The first-order valence-corrected chi connectivity index (χ1v) is 9.99. The van der Waals surface area contributed by atoms with E-state index >= 15 is 0 Å². The number of Topliss-reactive ketones (excluding diaryl/α,β-unsaturated/α-hetero) is 1. The van der Waals surface area contributed by atoms with Crippen molar-refractivity contribution in [2.45, 2.75) is 26.3 Å². The second kappa shape index (κ2) is 9.98. The molecule has 0 saturated heterocycles. The molecule has 0 spiro atoms. The fourth-order valence-corrected chi connectivity index (χ4v) is 3.47. The van der Waals surface area contributed by atoms with Crippen molar-refractivity contribution in [2.24, 2.45) is 5.73 Å². The van der Waals surface area contributed by atoms with Gasteiger partial charge in [0.2, 0.25) is 0 Å². The zero-order chi connectivity index (χ0) is 23.3. The van der Waals surface area contributed by atoms with Gasteiger partial charge in [-0.2, -0.15) is 0 Å². The molecule has 1 amide bonds. The largest absolute Gasteiger partial charge is 0.481 e. The van der Waals surface area contributed by atoms with Crippen LogP contribution in [-0.2, 0) is 29.0 Å². The normalized spacial score (nSPS) is 10.6. The second-order valence-electron chi connectivity index (χ2n) is 7.53. The Morgan fingerprint density at radius 1 is 0.938 bits per heavy atom. The number of hydrogen-bond donors (Lipinski definition) is 3. The Bertz CT molecular complexity index is 1190. The Labute approximate surface area is 184 Å². The van der Waals surface area contributed by atoms with Crippen LogP contribution >= 0.6 is 0 Å². The Morgan fingerprint density at radius 3 is 2.31 bits per heavy atom. The molecule has 3 aromatic carbocycles. The van der Waals surface area contributed by atoms with Crippen molar-refractivity contribution in [3.8, 4) is 11.1 Å². The van der Waals surface area contributed by atoms with Crippen LogP contribution in [0.2, 0.25) is 0 Å². The van der Waals surface area contributed by atoms with E-state index in [1.54, 1.807) is 48.5 Å². The van der Waals surface area contributed by atoms with Gasteiger partial charge in [-0.15, -0.1) is 0 Å². The van der Waals surface area contributed by atoms with Crippen LogP contribution in [0.1, 0.15) is 34.0 Å². The minimum Gasteiger partial charge on any atom is -0.481 e. The first-order chi connectivity index (χ1) is 15.2. The molecule has 0 saturated carbocycles. The Balaban J connectivity index is 2.02. The maximum absolute atomic E-state index is 14.1. The zero-order valence-electron chi connectivity index (χ0n) is 17.5. The van der Waals surface area contributed by atoms with Gasteiger partial charge in [0.25, 0.3) is 5.91 Å². The van der Waals surface area contributed by atoms with E-state index < -0.39 is 17.7 Å². The van der Waals surface area contributed by atoms with Crippen molar-refractivity contribution >= 4 is 23.3 Å². The number of hydrogen-bond acceptors (Lipinski definition) is 4. The summed E-state index contributed by atoms with van der Waals surface area (Å²) >= 11 is 0. The number of carboxylic acid groups (broad SMARTS) is 1. The minimum absolute atomic E-state index is 0.0813. The van der Waals surface area contributed by atoms with Crippen molar-refractivity contribution in [3.05, 3.63) is 88.7 Å². The van der Waals surface area contributed by atoms with E-state index in [9.17, 15) is 18.8 Å². The lowest BCUT2D eigenvalue weighted by atomic mass is 9.96. The van der Waals surface area contributed by atoms with Crippen LogP contribution in [0, 0.1) is 5.82 Å². The number of anilines is 1. The maximum atomic E-state index is 14.1. The van der Waals surface area contributed by atoms with Crippen LogP contribution in [0.5, 0.6) is 0 Å². The number of aliphatic carboxylic acids is 1. The zero-order valence-corrected chi connectivity index (χ0v) is 17.5. The molecule has 7 heteroatoms. The summed E-state index contributed by atoms with van der Waals surface area (Å²) in [5.41, 5.74) is 9.09. The van der Waals surface area contributed by atoms with Crippen LogP contribution < -0.4 is 11.1 Å². The highest BCUT2D eigenvalue weighted by Crippen LogP contribution is 2.26. The Hall–Kier alpha value is -3.84. The number of halogens is 1. The summed E-state index contributed by atoms with van der Waals surface area (Å²) in [6.45, 7) is 1.61. The van der Waals surface area contributed by atoms with Crippen molar-refractivity contribution in [1.29, 1.82) is 0 Å². The van der Waals surface area contributed by atoms with Gasteiger partial charge < -0.3 is 16.2 Å². The van der Waals surface area contributed by atoms with Crippen LogP contribution in [-0.4, -0.2) is 22.8 Å². The minimum atomic E-state index is -1.01. The van der Waals surface area contributed by atoms with Gasteiger partial charge in [0.15, 0.2) is 0 Å². The standard InChI is InChI=1S/C25H23FN2O4/c1-15(29)6-16-7-19(20-9-17(14-27)10-22(26)12-20)11-21(8-16)25(32)28-23-5-3-2-4-18(23)13-24(30)31/h2-5,7-12H,6,13-14,27H2,1H3,(H,28,32)(H,30,31). The van der Waals surface area contributed by atoms with Gasteiger partial charge in [-0.05, 0) is 71.1 Å². The second-order valence-corrected chi connectivity index (χ2v) is 7.53. The molecular weight excluding hydrogens is 411 g/mol. The number of rotatable bonds is 8. The summed E-state index contributed by atoms with van der Waals surface area (Å²) in [4.78, 5) is 35.8. The molecular formula is C25H23FN2O4. The first kappa shape index (κ1) is 22.8. The van der Waals surface area contributed by atoms with Gasteiger partial charge >= 0.3 is 5.97 Å². The highest BCUT2D eigenvalue weighted by Gasteiger charge is 2.15. The summed E-state index contributed by atoms with van der Waals surface area (Å²) in [5, 5.41) is 11.9. The van der Waals surface area contributed by atoms with Gasteiger partial charge in [0, 0.05) is 24.2 Å². The first-order valence-electron chi connectivity index (χ1n) is 9.99. The van der Waals surface area contributed by atoms with Gasteiger partial charge in [-0.25, -0.2) is 4.39 Å². The third-order valence-corrected chi connectivity index (χ3v) is 4.84. The van der Waals surface area contributed by atoms with Crippen LogP contribution in [0.25, 0.3) is 11.1 Å². The summed E-state index contributed by atoms with van der Waals surface area (Å²) in [5.74, 6) is -2.01. The number of benzene rings is 3. The SMILES string of the molecule is CC(=O)Cc1cc(C(=O)Nc2ccccc2CC(=O)O)cc(-c2cc(F)cc(CN)c2)c1. The summed E-state index contributed by atoms with van der Waals surface area (Å²) < 4.78 is 14.1. The third kappa shape index (κ3) is 5.86. The van der Waals surface area contributed by atoms with Gasteiger partial charge in [0.1, 0.15) is 11.6 Å². The molecule has 0 bridgehead atoms. The number of ketones is 1. The van der Waals surface area contributed by atoms with Gasteiger partial charge in [0.05, 0.1) is 6.42 Å². The molecule has 3 rings (SSSR count). The predicted molar refractivity (Wildman–Crippen MR) is 120 cm³/mol. The van der Waals surface area contributed by atoms with E-state index in [1.165, 1.54) is 19.1 Å². The number of carbonyl (C=O) groups excluding carboxylic acids is 2. The number of nitrogens with one attached hydrogen (secondary N) is 1. The topological polar surface area (TPSA) is 109 Å². The summed E-state index contributed by atoms with van der Waals surface area (Å²) in [6.07, 6.45) is -0.125. The molecule has 32 heavy (non-hydrogen) atoms. The van der Waals surface area contributed by atoms with E-state index in [2.05, 4.69) is 5.32 Å². The molecule has 0 aliphatic carbocycles. The fraction of sp³-hybridized carbons (Fsp3) is 0.160. The number of para-hydroxylation sites is 1. The highest BCUT2D eigenvalue weighted by molar-refractivity contribution is 6.06. The lowest BCUT2D eigenvalue weighted by Gasteiger charge is -2.13. The number of carbonyl (C=O) groups is 3. The smallest absolute Gasteiger partial charge is 0.307 e. The lowest BCUT2D eigenvalue weighted by molar-refractivity contribution is -0.136. The molecule has 0 atom stereocenters. The van der Waals surface area contributed by atoms with Crippen molar-refractivity contribution < 1.29 is 23.9 Å². The van der Waals surface area contributed by atoms with Gasteiger partial charge in [-0.3, -0.25) is 14.4 Å². The van der Waals surface area contributed by atoms with Crippen molar-refractivity contribution in [1.82, 2.24) is 0 Å². The molecule has 0 unspecified atom stereocenters. The molecule has 4 N–H and O–H groups in total. The molecule has 3 aromatic rings. The molecule has 0 radical (unpaired) electrons. The molecule has 6 nitrogen and oxygen atoms in total. The highest BCUT2D eigenvalue weighted by atomic mass is 19.1. The van der Waals surface area contributed by atoms with Crippen LogP contribution in [0.4, 0.5) is 10.1 Å². The third-order valence-electron chi connectivity index (χ3n) is 4.84. The molecule has 0 fully saturated rings. The average Bonchev–Trinajstić information content (AvgIpc) is 2.73. The summed E-state index contributed by atoms with van der Waals surface area (Å²) in [7, 11) is 0. The monoisotopic (exact) mass is 434 g/mol. The predicted octanol–water partition coefficient (Wildman–Crippen LogP) is 3.96. The van der Waals surface area contributed by atoms with Crippen molar-refractivity contribution in [2.75, 3.05) is 5.32 Å². The molecule has 0 aliphatic heterocycles. The van der Waals surface area contributed by atoms with Gasteiger partial charge in [-0.1, -0.05) is 24.3 Å². The molecule has 0 aliphatic rings. The van der Waals surface area contributed by atoms with E-state index in [1.807, 2.05) is 0 Å². The maximum Gasteiger partial charge on any atom is 0.307 e. The Morgan fingerprint density at radius 2 is 1.62 bits per heavy atom. The quantitative estimate of drug-likeness (QED) is 0.497. The number of amides is 1.